The molecule has 0 spiro atoms. The molecular formula is C16H24N2O3. The maximum absolute atomic E-state index is 11.6. The topological polar surface area (TPSA) is 67.4 Å². The number of ether oxygens (including phenoxy) is 1. The molecule has 0 saturated carbocycles. The van der Waals surface area contributed by atoms with E-state index in [-0.39, 0.29) is 12.6 Å². The second-order valence-corrected chi connectivity index (χ2v) is 5.24. The van der Waals surface area contributed by atoms with Gasteiger partial charge in [0.1, 0.15) is 0 Å². The average molecular weight is 292 g/mol. The molecule has 0 aliphatic rings. The Hall–Kier alpha value is -1.88. The van der Waals surface area contributed by atoms with E-state index in [9.17, 15) is 9.59 Å². The van der Waals surface area contributed by atoms with Crippen LogP contribution in [0.25, 0.3) is 0 Å². The van der Waals surface area contributed by atoms with Crippen molar-refractivity contribution in [1.29, 1.82) is 0 Å². The molecule has 5 heteroatoms. The van der Waals surface area contributed by atoms with Gasteiger partial charge in [-0.05, 0) is 23.5 Å². The van der Waals surface area contributed by atoms with E-state index in [1.807, 2.05) is 0 Å². The summed E-state index contributed by atoms with van der Waals surface area (Å²) in [5, 5.41) is 5.31. The molecule has 0 saturated heterocycles. The third-order valence-corrected chi connectivity index (χ3v) is 3.32. The lowest BCUT2D eigenvalue weighted by atomic mass is 9.95. The molecule has 1 aromatic rings. The summed E-state index contributed by atoms with van der Waals surface area (Å²) in [6, 6.07) is 8.41. The van der Waals surface area contributed by atoms with Crippen LogP contribution in [0.1, 0.15) is 37.9 Å². The highest BCUT2D eigenvalue weighted by molar-refractivity contribution is 5.92. The maximum atomic E-state index is 11.6. The van der Waals surface area contributed by atoms with Crippen LogP contribution in [-0.4, -0.2) is 25.7 Å². The molecule has 1 atom stereocenters. The van der Waals surface area contributed by atoms with Crippen molar-refractivity contribution < 1.29 is 14.3 Å². The predicted molar refractivity (Wildman–Crippen MR) is 81.9 cm³/mol. The lowest BCUT2D eigenvalue weighted by Gasteiger charge is -2.23. The molecule has 0 heterocycles. The van der Waals surface area contributed by atoms with Crippen LogP contribution >= 0.6 is 0 Å². The Morgan fingerprint density at radius 1 is 1.19 bits per heavy atom. The molecule has 1 rings (SSSR count). The van der Waals surface area contributed by atoms with E-state index in [0.29, 0.717) is 5.92 Å². The molecule has 0 radical (unpaired) electrons. The number of hydrogen-bond acceptors (Lipinski definition) is 4. The number of rotatable bonds is 6. The van der Waals surface area contributed by atoms with Gasteiger partial charge >= 0.3 is 6.09 Å². The number of methoxy groups -OCH3 is 1. The summed E-state index contributed by atoms with van der Waals surface area (Å²) in [5.74, 6) is -0.0823. The number of carbonyl (C=O) groups is 2. The molecule has 0 aliphatic heterocycles. The first-order valence-corrected chi connectivity index (χ1v) is 7.18. The number of alkyl carbamates (subject to hydrolysis) is 1. The third-order valence-electron chi connectivity index (χ3n) is 3.32. The maximum Gasteiger partial charge on any atom is 0.413 e. The third kappa shape index (κ3) is 5.55. The van der Waals surface area contributed by atoms with E-state index < -0.39 is 12.0 Å². The molecule has 0 unspecified atom stereocenters. The standard InChI is InChI=1S/C16H24N2O3/c1-5-12-6-8-13(9-7-12)15(11(2)3)17-10-14(19)18-16(20)21-4/h6-9,11,15,17H,5,10H2,1-4H3,(H,18,19,20)/t15-/m1/s1. The SMILES string of the molecule is CCc1ccc([C@H](NCC(=O)NC(=O)OC)C(C)C)cc1. The monoisotopic (exact) mass is 292 g/mol. The molecule has 0 aromatic heterocycles. The number of aryl methyl sites for hydroxylation is 1. The first kappa shape index (κ1) is 17.2. The number of carbonyl (C=O) groups excluding carboxylic acids is 2. The van der Waals surface area contributed by atoms with Crippen LogP contribution < -0.4 is 10.6 Å². The van der Waals surface area contributed by atoms with Crippen LogP contribution in [0.2, 0.25) is 0 Å². The van der Waals surface area contributed by atoms with Crippen LogP contribution in [0.4, 0.5) is 4.79 Å². The quantitative estimate of drug-likeness (QED) is 0.845. The largest absolute Gasteiger partial charge is 0.453 e. The van der Waals surface area contributed by atoms with Crippen molar-refractivity contribution in [2.45, 2.75) is 33.2 Å². The molecule has 2 amide bonds. The minimum Gasteiger partial charge on any atom is -0.453 e. The fourth-order valence-corrected chi connectivity index (χ4v) is 2.11. The van der Waals surface area contributed by atoms with Crippen molar-refractivity contribution in [1.82, 2.24) is 10.6 Å². The van der Waals surface area contributed by atoms with Crippen molar-refractivity contribution in [3.05, 3.63) is 35.4 Å². The van der Waals surface area contributed by atoms with Crippen LogP contribution in [0, 0.1) is 5.92 Å². The normalized spacial score (nSPS) is 12.0. The Morgan fingerprint density at radius 2 is 1.81 bits per heavy atom. The summed E-state index contributed by atoms with van der Waals surface area (Å²) in [5.41, 5.74) is 2.41. The van der Waals surface area contributed by atoms with Gasteiger partial charge in [-0.3, -0.25) is 10.1 Å². The van der Waals surface area contributed by atoms with E-state index in [4.69, 9.17) is 0 Å². The van der Waals surface area contributed by atoms with Gasteiger partial charge < -0.3 is 10.1 Å². The average Bonchev–Trinajstić information content (AvgIpc) is 2.47. The molecule has 21 heavy (non-hydrogen) atoms. The first-order chi connectivity index (χ1) is 9.97. The smallest absolute Gasteiger partial charge is 0.413 e. The molecule has 0 aliphatic carbocycles. The summed E-state index contributed by atoms with van der Waals surface area (Å²) in [6.07, 6.45) is 0.261. The zero-order valence-electron chi connectivity index (χ0n) is 13.1. The highest BCUT2D eigenvalue weighted by atomic mass is 16.5. The van der Waals surface area contributed by atoms with Gasteiger partial charge in [-0.15, -0.1) is 0 Å². The molecule has 2 N–H and O–H groups in total. The van der Waals surface area contributed by atoms with Gasteiger partial charge in [-0.25, -0.2) is 4.79 Å². The van der Waals surface area contributed by atoms with Gasteiger partial charge in [0.25, 0.3) is 0 Å². The van der Waals surface area contributed by atoms with Crippen molar-refractivity contribution in [3.8, 4) is 0 Å². The minimum absolute atomic E-state index is 0.0549. The van der Waals surface area contributed by atoms with E-state index in [1.54, 1.807) is 0 Å². The Morgan fingerprint density at radius 3 is 2.29 bits per heavy atom. The van der Waals surface area contributed by atoms with Crippen molar-refractivity contribution in [2.24, 2.45) is 5.92 Å². The molecule has 0 bridgehead atoms. The minimum atomic E-state index is -0.741. The van der Waals surface area contributed by atoms with Crippen LogP contribution in [-0.2, 0) is 16.0 Å². The fourth-order valence-electron chi connectivity index (χ4n) is 2.11. The molecule has 1 aromatic carbocycles. The van der Waals surface area contributed by atoms with Crippen molar-refractivity contribution in [3.63, 3.8) is 0 Å². The lowest BCUT2D eigenvalue weighted by Crippen LogP contribution is -2.39. The number of imide groups is 1. The Balaban J connectivity index is 2.65. The number of benzene rings is 1. The molecule has 116 valence electrons. The molecular weight excluding hydrogens is 268 g/mol. The van der Waals surface area contributed by atoms with E-state index >= 15 is 0 Å². The zero-order chi connectivity index (χ0) is 15.8. The number of amides is 2. The zero-order valence-corrected chi connectivity index (χ0v) is 13.1. The summed E-state index contributed by atoms with van der Waals surface area (Å²) < 4.78 is 4.39. The van der Waals surface area contributed by atoms with Crippen LogP contribution in [0.5, 0.6) is 0 Å². The highest BCUT2D eigenvalue weighted by Crippen LogP contribution is 2.21. The molecule has 0 fully saturated rings. The summed E-state index contributed by atoms with van der Waals surface area (Å²) in [4.78, 5) is 22.6. The summed E-state index contributed by atoms with van der Waals surface area (Å²) in [7, 11) is 1.22. The summed E-state index contributed by atoms with van der Waals surface area (Å²) >= 11 is 0. The Bertz CT molecular complexity index is 469. The predicted octanol–water partition coefficient (Wildman–Crippen LogP) is 2.42. The fraction of sp³-hybridized carbons (Fsp3) is 0.500. The Labute approximate surface area is 126 Å². The lowest BCUT2D eigenvalue weighted by molar-refractivity contribution is -0.119. The number of hydrogen-bond donors (Lipinski definition) is 2. The summed E-state index contributed by atoms with van der Waals surface area (Å²) in [6.45, 7) is 6.35. The van der Waals surface area contributed by atoms with Gasteiger partial charge in [-0.1, -0.05) is 45.0 Å². The van der Waals surface area contributed by atoms with E-state index in [1.165, 1.54) is 12.7 Å². The second kappa shape index (κ2) is 8.42. The van der Waals surface area contributed by atoms with E-state index in [0.717, 1.165) is 12.0 Å². The van der Waals surface area contributed by atoms with Crippen molar-refractivity contribution >= 4 is 12.0 Å². The van der Waals surface area contributed by atoms with Gasteiger partial charge in [0.2, 0.25) is 5.91 Å². The van der Waals surface area contributed by atoms with Crippen molar-refractivity contribution in [2.75, 3.05) is 13.7 Å². The highest BCUT2D eigenvalue weighted by Gasteiger charge is 2.17. The van der Waals surface area contributed by atoms with Gasteiger partial charge in [-0.2, -0.15) is 0 Å². The van der Waals surface area contributed by atoms with Crippen LogP contribution in [0.3, 0.4) is 0 Å². The Kier molecular flexibility index (Phi) is 6.88. The van der Waals surface area contributed by atoms with Gasteiger partial charge in [0.05, 0.1) is 13.7 Å². The second-order valence-electron chi connectivity index (χ2n) is 5.24. The first-order valence-electron chi connectivity index (χ1n) is 7.18. The van der Waals surface area contributed by atoms with Gasteiger partial charge in [0.15, 0.2) is 0 Å². The van der Waals surface area contributed by atoms with Crippen LogP contribution in [0.15, 0.2) is 24.3 Å². The molecule has 5 nitrogen and oxygen atoms in total. The van der Waals surface area contributed by atoms with Gasteiger partial charge in [0, 0.05) is 6.04 Å². The number of nitrogens with one attached hydrogen (secondary N) is 2. The van der Waals surface area contributed by atoms with E-state index in [2.05, 4.69) is 60.4 Å².